The fourth-order valence-electron chi connectivity index (χ4n) is 2.56. The molecule has 0 saturated heterocycles. The van der Waals surface area contributed by atoms with Gasteiger partial charge in [0.1, 0.15) is 22.2 Å². The first kappa shape index (κ1) is 15.8. The van der Waals surface area contributed by atoms with E-state index in [4.69, 9.17) is 11.6 Å². The lowest BCUT2D eigenvalue weighted by molar-refractivity contribution is 0.478. The van der Waals surface area contributed by atoms with Crippen LogP contribution in [-0.4, -0.2) is 15.1 Å². The number of thiophene rings is 1. The number of halogens is 2. The Kier molecular flexibility index (Phi) is 3.99. The van der Waals surface area contributed by atoms with E-state index in [1.54, 1.807) is 36.4 Å². The fraction of sp³-hybridized carbons (Fsp3) is 0. The Morgan fingerprint density at radius 2 is 1.80 bits per heavy atom. The summed E-state index contributed by atoms with van der Waals surface area (Å²) in [5, 5.41) is 15.9. The number of hydrogen-bond donors (Lipinski definition) is 2. The van der Waals surface area contributed by atoms with Gasteiger partial charge in [-0.25, -0.2) is 9.37 Å². The number of benzene rings is 2. The summed E-state index contributed by atoms with van der Waals surface area (Å²) in [5.41, 5.74) is 2.23. The first-order valence-electron chi connectivity index (χ1n) is 7.37. The predicted molar refractivity (Wildman–Crippen MR) is 99.2 cm³/mol. The van der Waals surface area contributed by atoms with Gasteiger partial charge in [-0.1, -0.05) is 24.3 Å². The highest BCUT2D eigenvalue weighted by Gasteiger charge is 2.16. The molecule has 4 nitrogen and oxygen atoms in total. The molecule has 0 amide bonds. The van der Waals surface area contributed by atoms with Gasteiger partial charge in [-0.2, -0.15) is 4.98 Å². The van der Waals surface area contributed by atoms with Gasteiger partial charge in [0.15, 0.2) is 0 Å². The van der Waals surface area contributed by atoms with Gasteiger partial charge in [0.05, 0.1) is 11.1 Å². The Bertz CT molecular complexity index is 1070. The van der Waals surface area contributed by atoms with Crippen LogP contribution in [0.5, 0.6) is 5.75 Å². The fourth-order valence-corrected chi connectivity index (χ4v) is 3.72. The molecule has 0 bridgehead atoms. The molecular formula is C18H11ClFN3OS. The minimum Gasteiger partial charge on any atom is -0.506 e. The van der Waals surface area contributed by atoms with Gasteiger partial charge in [-0.15, -0.1) is 11.3 Å². The smallest absolute Gasteiger partial charge is 0.225 e. The molecule has 2 heterocycles. The maximum atomic E-state index is 13.2. The van der Waals surface area contributed by atoms with E-state index in [1.807, 2.05) is 5.38 Å². The van der Waals surface area contributed by atoms with E-state index in [0.717, 1.165) is 16.5 Å². The third-order valence-corrected chi connectivity index (χ3v) is 4.76. The number of phenolic OH excluding ortho intramolecular Hbond substituents is 1. The Morgan fingerprint density at radius 1 is 1.04 bits per heavy atom. The summed E-state index contributed by atoms with van der Waals surface area (Å²) in [7, 11) is 0. The summed E-state index contributed by atoms with van der Waals surface area (Å²) in [4.78, 5) is 9.24. The molecule has 2 aromatic heterocycles. The maximum absolute atomic E-state index is 13.2. The van der Waals surface area contributed by atoms with E-state index in [-0.39, 0.29) is 16.9 Å². The minimum atomic E-state index is -0.296. The lowest BCUT2D eigenvalue weighted by Crippen LogP contribution is -1.97. The lowest BCUT2D eigenvalue weighted by Gasteiger charge is -2.10. The highest BCUT2D eigenvalue weighted by atomic mass is 35.5. The third kappa shape index (κ3) is 3.01. The second-order valence-corrected chi connectivity index (χ2v) is 6.52. The minimum absolute atomic E-state index is 0.101. The van der Waals surface area contributed by atoms with E-state index in [1.165, 1.54) is 23.5 Å². The summed E-state index contributed by atoms with van der Waals surface area (Å²) in [6.45, 7) is 0. The van der Waals surface area contributed by atoms with Crippen molar-refractivity contribution in [3.05, 3.63) is 65.0 Å². The Hall–Kier alpha value is -2.70. The second kappa shape index (κ2) is 6.31. The number of anilines is 2. The number of nitrogens with zero attached hydrogens (tertiary/aromatic N) is 2. The van der Waals surface area contributed by atoms with Crippen LogP contribution in [-0.2, 0) is 0 Å². The summed E-state index contributed by atoms with van der Waals surface area (Å²) in [5.74, 6) is 0.288. The molecule has 4 rings (SSSR count). The molecule has 0 spiro atoms. The summed E-state index contributed by atoms with van der Waals surface area (Å²) < 4.78 is 13.2. The van der Waals surface area contributed by atoms with Gasteiger partial charge in [0, 0.05) is 10.9 Å². The zero-order chi connectivity index (χ0) is 17.4. The molecule has 0 aliphatic rings. The molecule has 2 aromatic carbocycles. The molecule has 2 N–H and O–H groups in total. The van der Waals surface area contributed by atoms with E-state index in [9.17, 15) is 9.50 Å². The molecule has 0 fully saturated rings. The second-order valence-electron chi connectivity index (χ2n) is 5.32. The maximum Gasteiger partial charge on any atom is 0.225 e. The van der Waals surface area contributed by atoms with Gasteiger partial charge in [0.25, 0.3) is 0 Å². The van der Waals surface area contributed by atoms with Crippen LogP contribution >= 0.6 is 22.9 Å². The van der Waals surface area contributed by atoms with E-state index >= 15 is 0 Å². The highest BCUT2D eigenvalue weighted by Crippen LogP contribution is 2.39. The SMILES string of the molecule is Oc1ccccc1Nc1nc(Cl)nc2scc(-c3ccc(F)cc3)c12. The van der Waals surface area contributed by atoms with Crippen LogP contribution in [0.25, 0.3) is 21.3 Å². The van der Waals surface area contributed by atoms with Crippen LogP contribution in [0.1, 0.15) is 0 Å². The number of rotatable bonds is 3. The number of para-hydroxylation sites is 2. The van der Waals surface area contributed by atoms with Crippen molar-refractivity contribution in [1.82, 2.24) is 9.97 Å². The van der Waals surface area contributed by atoms with Gasteiger partial charge >= 0.3 is 0 Å². The van der Waals surface area contributed by atoms with Crippen molar-refractivity contribution in [2.75, 3.05) is 5.32 Å². The van der Waals surface area contributed by atoms with Crippen molar-refractivity contribution in [3.8, 4) is 16.9 Å². The standard InChI is InChI=1S/C18H11ClFN3OS/c19-18-22-16(21-13-3-1-2-4-14(13)24)15-12(9-25-17(15)23-18)10-5-7-11(20)8-6-10/h1-9,24H,(H,21,22,23). The predicted octanol–water partition coefficient (Wildman–Crippen LogP) is 5.60. The molecule has 0 radical (unpaired) electrons. The molecule has 25 heavy (non-hydrogen) atoms. The molecule has 0 saturated carbocycles. The summed E-state index contributed by atoms with van der Waals surface area (Å²) >= 11 is 7.46. The highest BCUT2D eigenvalue weighted by molar-refractivity contribution is 7.17. The van der Waals surface area contributed by atoms with E-state index in [0.29, 0.717) is 16.3 Å². The van der Waals surface area contributed by atoms with Gasteiger partial charge in [-0.3, -0.25) is 0 Å². The molecular weight excluding hydrogens is 361 g/mol. The van der Waals surface area contributed by atoms with Crippen LogP contribution < -0.4 is 5.32 Å². The normalized spacial score (nSPS) is 11.0. The van der Waals surface area contributed by atoms with Crippen molar-refractivity contribution in [2.24, 2.45) is 0 Å². The van der Waals surface area contributed by atoms with E-state index in [2.05, 4.69) is 15.3 Å². The number of phenols is 1. The Labute approximate surface area is 151 Å². The quantitative estimate of drug-likeness (QED) is 0.363. The topological polar surface area (TPSA) is 58.0 Å². The van der Waals surface area contributed by atoms with Crippen molar-refractivity contribution in [3.63, 3.8) is 0 Å². The van der Waals surface area contributed by atoms with Crippen molar-refractivity contribution < 1.29 is 9.50 Å². The first-order chi connectivity index (χ1) is 12.1. The molecule has 4 aromatic rings. The third-order valence-electron chi connectivity index (χ3n) is 3.72. The van der Waals surface area contributed by atoms with E-state index < -0.39 is 0 Å². The van der Waals surface area contributed by atoms with Crippen molar-refractivity contribution >= 4 is 44.7 Å². The largest absolute Gasteiger partial charge is 0.506 e. The molecule has 0 atom stereocenters. The zero-order valence-corrected chi connectivity index (χ0v) is 14.3. The van der Waals surface area contributed by atoms with Crippen LogP contribution in [0.4, 0.5) is 15.9 Å². The lowest BCUT2D eigenvalue weighted by atomic mass is 10.1. The monoisotopic (exact) mass is 371 g/mol. The Balaban J connectivity index is 1.89. The van der Waals surface area contributed by atoms with Crippen molar-refractivity contribution in [2.45, 2.75) is 0 Å². The molecule has 0 aliphatic heterocycles. The zero-order valence-electron chi connectivity index (χ0n) is 12.7. The average molecular weight is 372 g/mol. The summed E-state index contributed by atoms with van der Waals surface area (Å²) in [6, 6.07) is 13.1. The number of fused-ring (bicyclic) bond motifs is 1. The van der Waals surface area contributed by atoms with Crippen LogP contribution in [0.2, 0.25) is 5.28 Å². The van der Waals surface area contributed by atoms with Crippen LogP contribution in [0.15, 0.2) is 53.9 Å². The average Bonchev–Trinajstić information content (AvgIpc) is 3.01. The van der Waals surface area contributed by atoms with Gasteiger partial charge in [0.2, 0.25) is 5.28 Å². The molecule has 0 unspecified atom stereocenters. The van der Waals surface area contributed by atoms with Crippen LogP contribution in [0, 0.1) is 5.82 Å². The molecule has 0 aliphatic carbocycles. The first-order valence-corrected chi connectivity index (χ1v) is 8.63. The van der Waals surface area contributed by atoms with Gasteiger partial charge in [-0.05, 0) is 41.4 Å². The number of aromatic nitrogens is 2. The number of nitrogens with one attached hydrogen (secondary N) is 1. The number of hydrogen-bond acceptors (Lipinski definition) is 5. The van der Waals surface area contributed by atoms with Crippen LogP contribution in [0.3, 0.4) is 0 Å². The summed E-state index contributed by atoms with van der Waals surface area (Å²) in [6.07, 6.45) is 0. The van der Waals surface area contributed by atoms with Gasteiger partial charge < -0.3 is 10.4 Å². The Morgan fingerprint density at radius 3 is 2.56 bits per heavy atom. The molecule has 124 valence electrons. The van der Waals surface area contributed by atoms with Crippen molar-refractivity contribution in [1.29, 1.82) is 0 Å². The molecule has 7 heteroatoms. The number of aromatic hydroxyl groups is 1.